The first-order valence-corrected chi connectivity index (χ1v) is 7.85. The molecule has 2 aromatic carbocycles. The summed E-state index contributed by atoms with van der Waals surface area (Å²) in [7, 11) is 0. The molecule has 2 N–H and O–H groups in total. The maximum atomic E-state index is 5.88. The lowest BCUT2D eigenvalue weighted by Crippen LogP contribution is -2.05. The van der Waals surface area contributed by atoms with Gasteiger partial charge in [-0.25, -0.2) is 0 Å². The first-order chi connectivity index (χ1) is 11.3. The smallest absolute Gasteiger partial charge is 0.120 e. The van der Waals surface area contributed by atoms with E-state index >= 15 is 0 Å². The molecular formula is C19H21N3O. The lowest BCUT2D eigenvalue weighted by atomic mass is 10.1. The van der Waals surface area contributed by atoms with Gasteiger partial charge in [-0.15, -0.1) is 0 Å². The highest BCUT2D eigenvalue weighted by molar-refractivity contribution is 5.63. The summed E-state index contributed by atoms with van der Waals surface area (Å²) < 4.78 is 7.81. The number of hydrogen-bond acceptors (Lipinski definition) is 3. The fraction of sp³-hybridized carbons (Fsp3) is 0.211. The van der Waals surface area contributed by atoms with Crippen LogP contribution in [-0.2, 0) is 13.2 Å². The minimum Gasteiger partial charge on any atom is -0.489 e. The first kappa shape index (κ1) is 15.3. The quantitative estimate of drug-likeness (QED) is 0.727. The Morgan fingerprint density at radius 2 is 1.87 bits per heavy atom. The number of nitrogens with two attached hydrogens (primary N) is 1. The van der Waals surface area contributed by atoms with E-state index in [0.717, 1.165) is 35.4 Å². The topological polar surface area (TPSA) is 53.1 Å². The van der Waals surface area contributed by atoms with Crippen molar-refractivity contribution in [3.63, 3.8) is 0 Å². The number of nitrogens with zero attached hydrogens (tertiary/aromatic N) is 2. The zero-order valence-corrected chi connectivity index (χ0v) is 13.1. The molecule has 4 heteroatoms. The van der Waals surface area contributed by atoms with Gasteiger partial charge in [0.15, 0.2) is 0 Å². The zero-order chi connectivity index (χ0) is 15.9. The molecule has 0 unspecified atom stereocenters. The highest BCUT2D eigenvalue weighted by Crippen LogP contribution is 2.24. The van der Waals surface area contributed by atoms with Crippen molar-refractivity contribution in [3.05, 3.63) is 72.6 Å². The number of hydrogen-bond donors (Lipinski definition) is 1. The van der Waals surface area contributed by atoms with Gasteiger partial charge in [-0.05, 0) is 36.2 Å². The van der Waals surface area contributed by atoms with Crippen LogP contribution in [0.4, 0.5) is 0 Å². The molecule has 0 fully saturated rings. The Bertz CT molecular complexity index is 737. The van der Waals surface area contributed by atoms with Gasteiger partial charge in [-0.2, -0.15) is 5.10 Å². The van der Waals surface area contributed by atoms with Crippen LogP contribution in [-0.4, -0.2) is 16.3 Å². The molecule has 0 spiro atoms. The minimum absolute atomic E-state index is 0.569. The van der Waals surface area contributed by atoms with E-state index < -0.39 is 0 Å². The standard InChI is InChI=1S/C19H21N3O/c20-10-5-11-22-14-18(13-21-22)17-8-4-9-19(12-17)23-15-16-6-2-1-3-7-16/h1-4,6-9,12-14H,5,10-11,15,20H2. The molecule has 0 atom stereocenters. The molecule has 0 saturated carbocycles. The van der Waals surface area contributed by atoms with Crippen molar-refractivity contribution in [2.75, 3.05) is 6.54 Å². The maximum absolute atomic E-state index is 5.88. The van der Waals surface area contributed by atoms with Gasteiger partial charge in [0.2, 0.25) is 0 Å². The molecule has 0 amide bonds. The van der Waals surface area contributed by atoms with Gasteiger partial charge in [-0.3, -0.25) is 4.68 Å². The molecule has 1 aromatic heterocycles. The highest BCUT2D eigenvalue weighted by Gasteiger charge is 2.04. The Morgan fingerprint density at radius 3 is 2.70 bits per heavy atom. The average molecular weight is 307 g/mol. The number of aromatic nitrogens is 2. The Kier molecular flexibility index (Phi) is 5.06. The molecule has 1 heterocycles. The largest absolute Gasteiger partial charge is 0.489 e. The molecule has 3 aromatic rings. The van der Waals surface area contributed by atoms with Crippen LogP contribution in [0.15, 0.2) is 67.0 Å². The van der Waals surface area contributed by atoms with Crippen LogP contribution in [0.1, 0.15) is 12.0 Å². The monoisotopic (exact) mass is 307 g/mol. The molecule has 0 aliphatic carbocycles. The van der Waals surface area contributed by atoms with Crippen LogP contribution in [0.2, 0.25) is 0 Å². The van der Waals surface area contributed by atoms with Crippen LogP contribution in [0.25, 0.3) is 11.1 Å². The second-order valence-electron chi connectivity index (χ2n) is 5.44. The number of benzene rings is 2. The summed E-state index contributed by atoms with van der Waals surface area (Å²) in [6, 6.07) is 18.3. The molecule has 0 aliphatic rings. The maximum Gasteiger partial charge on any atom is 0.120 e. The van der Waals surface area contributed by atoms with Gasteiger partial charge in [0.25, 0.3) is 0 Å². The van der Waals surface area contributed by atoms with Crippen molar-refractivity contribution >= 4 is 0 Å². The van der Waals surface area contributed by atoms with Crippen molar-refractivity contribution in [2.24, 2.45) is 5.73 Å². The molecule has 0 radical (unpaired) electrons. The van der Waals surface area contributed by atoms with Crippen molar-refractivity contribution in [1.29, 1.82) is 0 Å². The summed E-state index contributed by atoms with van der Waals surface area (Å²) >= 11 is 0. The van der Waals surface area contributed by atoms with Crippen LogP contribution >= 0.6 is 0 Å². The lowest BCUT2D eigenvalue weighted by Gasteiger charge is -2.07. The summed E-state index contributed by atoms with van der Waals surface area (Å²) in [6.07, 6.45) is 4.86. The van der Waals surface area contributed by atoms with Crippen molar-refractivity contribution in [1.82, 2.24) is 9.78 Å². The van der Waals surface area contributed by atoms with Crippen molar-refractivity contribution in [3.8, 4) is 16.9 Å². The second kappa shape index (κ2) is 7.61. The normalized spacial score (nSPS) is 10.7. The molecule has 23 heavy (non-hydrogen) atoms. The molecule has 0 aliphatic heterocycles. The first-order valence-electron chi connectivity index (χ1n) is 7.85. The number of rotatable bonds is 7. The average Bonchev–Trinajstić information content (AvgIpc) is 3.08. The summed E-state index contributed by atoms with van der Waals surface area (Å²) in [5, 5.41) is 4.37. The van der Waals surface area contributed by atoms with Crippen LogP contribution < -0.4 is 10.5 Å². The number of aryl methyl sites for hydroxylation is 1. The summed E-state index contributed by atoms with van der Waals surface area (Å²) in [4.78, 5) is 0. The van der Waals surface area contributed by atoms with E-state index in [0.29, 0.717) is 13.2 Å². The van der Waals surface area contributed by atoms with Gasteiger partial charge in [0.05, 0.1) is 6.20 Å². The Hall–Kier alpha value is -2.59. The van der Waals surface area contributed by atoms with Gasteiger partial charge in [-0.1, -0.05) is 42.5 Å². The SMILES string of the molecule is NCCCn1cc(-c2cccc(OCc3ccccc3)c2)cn1. The van der Waals surface area contributed by atoms with E-state index in [1.807, 2.05) is 53.5 Å². The van der Waals surface area contributed by atoms with Gasteiger partial charge in [0.1, 0.15) is 12.4 Å². The molecule has 0 bridgehead atoms. The van der Waals surface area contributed by atoms with Crippen LogP contribution in [0, 0.1) is 0 Å². The van der Waals surface area contributed by atoms with Crippen LogP contribution in [0.3, 0.4) is 0 Å². The summed E-state index contributed by atoms with van der Waals surface area (Å²) in [5.41, 5.74) is 8.89. The van der Waals surface area contributed by atoms with Crippen molar-refractivity contribution in [2.45, 2.75) is 19.6 Å². The fourth-order valence-electron chi connectivity index (χ4n) is 2.39. The highest BCUT2D eigenvalue weighted by atomic mass is 16.5. The second-order valence-corrected chi connectivity index (χ2v) is 5.44. The third-order valence-electron chi connectivity index (χ3n) is 3.64. The molecule has 4 nitrogen and oxygen atoms in total. The van der Waals surface area contributed by atoms with E-state index in [-0.39, 0.29) is 0 Å². The van der Waals surface area contributed by atoms with E-state index in [1.54, 1.807) is 0 Å². The van der Waals surface area contributed by atoms with Gasteiger partial charge in [0, 0.05) is 18.3 Å². The zero-order valence-electron chi connectivity index (χ0n) is 13.1. The Labute approximate surface area is 136 Å². The Morgan fingerprint density at radius 1 is 1.00 bits per heavy atom. The van der Waals surface area contributed by atoms with Gasteiger partial charge >= 0.3 is 0 Å². The third-order valence-corrected chi connectivity index (χ3v) is 3.64. The predicted octanol–water partition coefficient (Wildman–Crippen LogP) is 3.48. The summed E-state index contributed by atoms with van der Waals surface area (Å²) in [6.45, 7) is 2.10. The molecule has 118 valence electrons. The lowest BCUT2D eigenvalue weighted by molar-refractivity contribution is 0.306. The van der Waals surface area contributed by atoms with E-state index in [9.17, 15) is 0 Å². The molecular weight excluding hydrogens is 286 g/mol. The molecule has 3 rings (SSSR count). The van der Waals surface area contributed by atoms with Gasteiger partial charge < -0.3 is 10.5 Å². The summed E-state index contributed by atoms with van der Waals surface area (Å²) in [5.74, 6) is 0.862. The fourth-order valence-corrected chi connectivity index (χ4v) is 2.39. The predicted molar refractivity (Wildman–Crippen MR) is 92.1 cm³/mol. The van der Waals surface area contributed by atoms with E-state index in [2.05, 4.69) is 23.3 Å². The number of ether oxygens (including phenoxy) is 1. The van der Waals surface area contributed by atoms with E-state index in [4.69, 9.17) is 10.5 Å². The van der Waals surface area contributed by atoms with Crippen molar-refractivity contribution < 1.29 is 4.74 Å². The van der Waals surface area contributed by atoms with Crippen LogP contribution in [0.5, 0.6) is 5.75 Å². The minimum atomic E-state index is 0.569. The third kappa shape index (κ3) is 4.20. The van der Waals surface area contributed by atoms with E-state index in [1.165, 1.54) is 0 Å². The Balaban J connectivity index is 1.68. The molecule has 0 saturated heterocycles.